The van der Waals surface area contributed by atoms with Crippen molar-refractivity contribution in [2.45, 2.75) is 25.7 Å². The molecule has 1 heterocycles. The van der Waals surface area contributed by atoms with Crippen LogP contribution in [0, 0.1) is 0 Å². The van der Waals surface area contributed by atoms with E-state index >= 15 is 0 Å². The molecule has 0 fully saturated rings. The van der Waals surface area contributed by atoms with Gasteiger partial charge >= 0.3 is 0 Å². The molecule has 134 valence electrons. The van der Waals surface area contributed by atoms with E-state index in [-0.39, 0.29) is 0 Å². The summed E-state index contributed by atoms with van der Waals surface area (Å²) in [5.41, 5.74) is 6.18. The number of anilines is 2. The second-order valence-corrected chi connectivity index (χ2v) is 8.03. The normalized spacial score (nSPS) is 15.4. The van der Waals surface area contributed by atoms with Gasteiger partial charge in [0.15, 0.2) is 0 Å². The number of furan rings is 1. The average molecular weight is 418 g/mol. The van der Waals surface area contributed by atoms with E-state index in [0.29, 0.717) is 0 Å². The maximum Gasteiger partial charge on any atom is 0.112 e. The van der Waals surface area contributed by atoms with E-state index in [2.05, 4.69) is 93.6 Å². The van der Waals surface area contributed by atoms with Crippen LogP contribution < -0.4 is 4.90 Å². The van der Waals surface area contributed by atoms with E-state index in [4.69, 9.17) is 4.42 Å². The van der Waals surface area contributed by atoms with Crippen LogP contribution in [0.15, 0.2) is 75.3 Å². The van der Waals surface area contributed by atoms with Crippen molar-refractivity contribution in [2.75, 3.05) is 4.90 Å². The summed E-state index contributed by atoms with van der Waals surface area (Å²) in [6.07, 6.45) is 8.46. The molecule has 0 spiro atoms. The maximum atomic E-state index is 6.19. The average Bonchev–Trinajstić information content (AvgIpc) is 3.07. The number of fused-ring (bicyclic) bond motifs is 3. The fourth-order valence-electron chi connectivity index (χ4n) is 4.00. The summed E-state index contributed by atoms with van der Waals surface area (Å²) in [6.45, 7) is 0. The predicted octanol–water partition coefficient (Wildman–Crippen LogP) is 7.09. The Morgan fingerprint density at radius 1 is 0.667 bits per heavy atom. The van der Waals surface area contributed by atoms with Crippen molar-refractivity contribution >= 4 is 39.5 Å². The molecule has 0 unspecified atom stereocenters. The molecule has 0 atom stereocenters. The highest BCUT2D eigenvalue weighted by Gasteiger charge is 2.26. The first kappa shape index (κ1) is 16.6. The molecule has 2 aromatic carbocycles. The fraction of sp³-hybridized carbons (Fsp3) is 0.167. The van der Waals surface area contributed by atoms with Gasteiger partial charge in [-0.3, -0.25) is 0 Å². The van der Waals surface area contributed by atoms with Crippen LogP contribution in [0.25, 0.3) is 12.2 Å². The van der Waals surface area contributed by atoms with Crippen LogP contribution >= 0.6 is 15.9 Å². The van der Waals surface area contributed by atoms with Crippen LogP contribution in [-0.4, -0.2) is 0 Å². The summed E-state index contributed by atoms with van der Waals surface area (Å²) >= 11 is 3.68. The van der Waals surface area contributed by atoms with Crippen molar-refractivity contribution in [3.63, 3.8) is 0 Å². The molecule has 3 heteroatoms. The molecule has 5 rings (SSSR count). The topological polar surface area (TPSA) is 16.4 Å². The summed E-state index contributed by atoms with van der Waals surface area (Å²) in [7, 11) is 0. The lowest BCUT2D eigenvalue weighted by molar-refractivity contribution is 0.460. The van der Waals surface area contributed by atoms with Gasteiger partial charge in [-0.1, -0.05) is 52.3 Å². The Kier molecular flexibility index (Phi) is 4.25. The lowest BCUT2D eigenvalue weighted by Crippen LogP contribution is -2.18. The molecule has 0 amide bonds. The number of aryl methyl sites for hydroxylation is 2. The Balaban J connectivity index is 1.64. The fourth-order valence-corrected chi connectivity index (χ4v) is 4.43. The van der Waals surface area contributed by atoms with Crippen molar-refractivity contribution in [2.24, 2.45) is 0 Å². The van der Waals surface area contributed by atoms with Crippen molar-refractivity contribution in [1.29, 1.82) is 0 Å². The molecular weight excluding hydrogens is 398 g/mol. The van der Waals surface area contributed by atoms with Crippen LogP contribution in [0.1, 0.15) is 35.5 Å². The molecular formula is C24H20BrNO. The molecule has 0 radical (unpaired) electrons. The minimum absolute atomic E-state index is 0.940. The Hall–Kier alpha value is -2.52. The van der Waals surface area contributed by atoms with Crippen molar-refractivity contribution in [3.05, 3.63) is 93.5 Å². The molecule has 0 saturated carbocycles. The van der Waals surface area contributed by atoms with E-state index in [1.165, 1.54) is 32.7 Å². The smallest absolute Gasteiger partial charge is 0.112 e. The third-order valence-electron chi connectivity index (χ3n) is 5.26. The number of allylic oxidation sites excluding steroid dienone is 2. The van der Waals surface area contributed by atoms with E-state index in [1.807, 2.05) is 0 Å². The van der Waals surface area contributed by atoms with Gasteiger partial charge in [-0.25, -0.2) is 0 Å². The third-order valence-corrected chi connectivity index (χ3v) is 5.89. The molecule has 0 aliphatic heterocycles. The summed E-state index contributed by atoms with van der Waals surface area (Å²) in [4.78, 5) is 2.36. The van der Waals surface area contributed by atoms with E-state index in [1.54, 1.807) is 0 Å². The zero-order chi connectivity index (χ0) is 18.2. The number of hydrogen-bond acceptors (Lipinski definition) is 2. The summed E-state index contributed by atoms with van der Waals surface area (Å²) in [5.74, 6) is 2.26. The molecule has 0 bridgehead atoms. The summed E-state index contributed by atoms with van der Waals surface area (Å²) < 4.78 is 7.44. The number of para-hydroxylation sites is 2. The van der Waals surface area contributed by atoms with Gasteiger partial charge in [-0.2, -0.15) is 0 Å². The molecule has 2 aliphatic rings. The van der Waals surface area contributed by atoms with Gasteiger partial charge in [-0.15, -0.1) is 0 Å². The van der Waals surface area contributed by atoms with Crippen LogP contribution in [0.5, 0.6) is 0 Å². The predicted molar refractivity (Wildman–Crippen MR) is 115 cm³/mol. The lowest BCUT2D eigenvalue weighted by Gasteiger charge is -2.29. The summed E-state index contributed by atoms with van der Waals surface area (Å²) in [6, 6.07) is 21.2. The first-order valence-electron chi connectivity index (χ1n) is 9.41. The Morgan fingerprint density at radius 3 is 1.85 bits per heavy atom. The molecule has 0 saturated heterocycles. The van der Waals surface area contributed by atoms with Crippen molar-refractivity contribution in [3.8, 4) is 0 Å². The highest BCUT2D eigenvalue weighted by Crippen LogP contribution is 2.40. The standard InChI is InChI=1S/C24H20BrNO/c25-17-11-13-23-21(15-17)22-16-20(12-14-24(22)27-23)26(18-7-3-1-4-8-18)19-9-5-2-6-10-19/h1-10,15-16H,11-14H2. The first-order chi connectivity index (χ1) is 13.3. The SMILES string of the molecule is BrC1=Cc2c(oc3c2C=C(N(c2ccccc2)c2ccccc2)CC3)CC1. The van der Waals surface area contributed by atoms with Crippen molar-refractivity contribution in [1.82, 2.24) is 0 Å². The first-order valence-corrected chi connectivity index (χ1v) is 10.2. The molecule has 0 N–H and O–H groups in total. The quantitative estimate of drug-likeness (QED) is 0.452. The highest BCUT2D eigenvalue weighted by atomic mass is 79.9. The van der Waals surface area contributed by atoms with E-state index in [0.717, 1.165) is 37.2 Å². The Labute approximate surface area is 167 Å². The minimum Gasteiger partial charge on any atom is -0.465 e. The Bertz CT molecular complexity index is 992. The zero-order valence-electron chi connectivity index (χ0n) is 15.0. The second kappa shape index (κ2) is 6.90. The van der Waals surface area contributed by atoms with Gasteiger partial charge in [0.2, 0.25) is 0 Å². The van der Waals surface area contributed by atoms with Gasteiger partial charge in [-0.05, 0) is 53.7 Å². The van der Waals surface area contributed by atoms with E-state index < -0.39 is 0 Å². The molecule has 2 nitrogen and oxygen atoms in total. The van der Waals surface area contributed by atoms with Crippen LogP contribution in [0.2, 0.25) is 0 Å². The van der Waals surface area contributed by atoms with Gasteiger partial charge in [0.25, 0.3) is 0 Å². The van der Waals surface area contributed by atoms with Crippen LogP contribution in [-0.2, 0) is 12.8 Å². The number of rotatable bonds is 3. The monoisotopic (exact) mass is 417 g/mol. The van der Waals surface area contributed by atoms with Gasteiger partial charge < -0.3 is 9.32 Å². The second-order valence-electron chi connectivity index (χ2n) is 7.01. The number of halogens is 1. The lowest BCUT2D eigenvalue weighted by atomic mass is 9.94. The number of benzene rings is 2. The number of nitrogens with zero attached hydrogens (tertiary/aromatic N) is 1. The van der Waals surface area contributed by atoms with Gasteiger partial charge in [0.1, 0.15) is 11.5 Å². The molecule has 27 heavy (non-hydrogen) atoms. The highest BCUT2D eigenvalue weighted by molar-refractivity contribution is 9.11. The third kappa shape index (κ3) is 3.06. The van der Waals surface area contributed by atoms with Crippen LogP contribution in [0.3, 0.4) is 0 Å². The molecule has 2 aliphatic carbocycles. The van der Waals surface area contributed by atoms with Gasteiger partial charge in [0, 0.05) is 41.0 Å². The number of hydrogen-bond donors (Lipinski definition) is 0. The largest absolute Gasteiger partial charge is 0.465 e. The van der Waals surface area contributed by atoms with Gasteiger partial charge in [0.05, 0.1) is 0 Å². The Morgan fingerprint density at radius 2 is 1.22 bits per heavy atom. The molecule has 1 aromatic heterocycles. The molecule has 3 aromatic rings. The van der Waals surface area contributed by atoms with E-state index in [9.17, 15) is 0 Å². The van der Waals surface area contributed by atoms with Crippen molar-refractivity contribution < 1.29 is 4.42 Å². The van der Waals surface area contributed by atoms with Crippen LogP contribution in [0.4, 0.5) is 11.4 Å². The zero-order valence-corrected chi connectivity index (χ0v) is 16.6. The summed E-state index contributed by atoms with van der Waals surface area (Å²) in [5, 5.41) is 0. The maximum absolute atomic E-state index is 6.19. The minimum atomic E-state index is 0.940.